The first-order valence-electron chi connectivity index (χ1n) is 14.9. The first kappa shape index (κ1) is 34.0. The zero-order valence-electron chi connectivity index (χ0n) is 24.4. The highest BCUT2D eigenvalue weighted by molar-refractivity contribution is 14.1. The molecule has 0 radical (unpaired) electrons. The Kier molecular flexibility index (Phi) is 12.5. The summed E-state index contributed by atoms with van der Waals surface area (Å²) in [5.74, 6) is -4.49. The van der Waals surface area contributed by atoms with E-state index in [9.17, 15) is 9.90 Å². The fourth-order valence-corrected chi connectivity index (χ4v) is 7.37. The van der Waals surface area contributed by atoms with Crippen molar-refractivity contribution in [3.05, 3.63) is 50.4 Å². The zero-order valence-corrected chi connectivity index (χ0v) is 29.9. The number of hydrogen-bond donors (Lipinski definition) is 1. The predicted molar refractivity (Wildman–Crippen MR) is 184 cm³/mol. The molecule has 0 spiro atoms. The van der Waals surface area contributed by atoms with E-state index in [0.29, 0.717) is 30.8 Å². The van der Waals surface area contributed by atoms with Gasteiger partial charge in [0.1, 0.15) is 12.1 Å². The molecule has 6 nitrogen and oxygen atoms in total. The van der Waals surface area contributed by atoms with Crippen LogP contribution in [0.1, 0.15) is 89.7 Å². The summed E-state index contributed by atoms with van der Waals surface area (Å²) in [6.45, 7) is 5.56. The van der Waals surface area contributed by atoms with Crippen molar-refractivity contribution < 1.29 is 23.4 Å². The van der Waals surface area contributed by atoms with Crippen LogP contribution in [-0.4, -0.2) is 55.7 Å². The summed E-state index contributed by atoms with van der Waals surface area (Å²) in [5.41, 5.74) is 4.19. The molecule has 2 fully saturated rings. The van der Waals surface area contributed by atoms with Gasteiger partial charge < -0.3 is 13.0 Å². The molecule has 3 atom stereocenters. The van der Waals surface area contributed by atoms with Crippen LogP contribution in [-0.2, 0) is 4.79 Å². The SMILES string of the molecule is CC(C)=C(/C=C\C1=C(I)N(I)CCC1)CCCCC(F)(F)[C@@H]1CCN(C(C(=O)O)c2cc(P)cnc2OC2CCC2)C1. The predicted octanol–water partition coefficient (Wildman–Crippen LogP) is 8.14. The number of carboxylic acids is 1. The van der Waals surface area contributed by atoms with Crippen molar-refractivity contribution in [1.82, 2.24) is 13.0 Å². The number of rotatable bonds is 13. The van der Waals surface area contributed by atoms with Crippen LogP contribution in [0.15, 0.2) is 44.8 Å². The van der Waals surface area contributed by atoms with E-state index >= 15 is 8.78 Å². The maximum atomic E-state index is 15.4. The van der Waals surface area contributed by atoms with Crippen LogP contribution in [0, 0.1) is 5.92 Å². The van der Waals surface area contributed by atoms with Gasteiger partial charge in [0.2, 0.25) is 5.88 Å². The normalized spacial score (nSPS) is 21.1. The third kappa shape index (κ3) is 8.87. The molecule has 1 saturated heterocycles. The van der Waals surface area contributed by atoms with Gasteiger partial charge in [-0.05, 0) is 123 Å². The molecular weight excluding hydrogens is 785 g/mol. The van der Waals surface area contributed by atoms with Crippen LogP contribution in [0.2, 0.25) is 0 Å². The third-order valence-corrected chi connectivity index (χ3v) is 12.0. The molecular formula is C31H42F2I2N3O3P. The van der Waals surface area contributed by atoms with Gasteiger partial charge in [0.05, 0.1) is 26.6 Å². The lowest BCUT2D eigenvalue weighted by atomic mass is 9.94. The molecule has 1 aliphatic carbocycles. The topological polar surface area (TPSA) is 65.9 Å². The molecule has 4 rings (SSSR count). The van der Waals surface area contributed by atoms with Gasteiger partial charge in [-0.25, -0.2) is 13.8 Å². The quantitative estimate of drug-likeness (QED) is 0.0542. The third-order valence-electron chi connectivity index (χ3n) is 8.55. The van der Waals surface area contributed by atoms with Gasteiger partial charge in [0.15, 0.2) is 0 Å². The summed E-state index contributed by atoms with van der Waals surface area (Å²) in [5, 5.41) is 10.9. The maximum Gasteiger partial charge on any atom is 0.325 e. The number of unbranched alkanes of at least 4 members (excludes halogenated alkanes) is 1. The first-order chi connectivity index (χ1) is 20.0. The molecule has 1 aromatic rings. The van der Waals surface area contributed by atoms with E-state index in [0.717, 1.165) is 50.4 Å². The second-order valence-corrected chi connectivity index (χ2v) is 14.7. The van der Waals surface area contributed by atoms with Gasteiger partial charge in [-0.3, -0.25) is 9.69 Å². The van der Waals surface area contributed by atoms with Crippen LogP contribution in [0.4, 0.5) is 8.78 Å². The van der Waals surface area contributed by atoms with Gasteiger partial charge >= 0.3 is 5.97 Å². The molecule has 3 heterocycles. The highest BCUT2D eigenvalue weighted by Crippen LogP contribution is 2.41. The Balaban J connectivity index is 1.34. The van der Waals surface area contributed by atoms with E-state index in [1.54, 1.807) is 17.2 Å². The van der Waals surface area contributed by atoms with Gasteiger partial charge in [0, 0.05) is 37.2 Å². The van der Waals surface area contributed by atoms with E-state index in [2.05, 4.69) is 88.8 Å². The number of aliphatic carboxylic acids is 1. The Bertz CT molecular complexity index is 1220. The lowest BCUT2D eigenvalue weighted by Gasteiger charge is -2.30. The number of allylic oxidation sites excluding steroid dienone is 5. The Labute approximate surface area is 278 Å². The number of pyridine rings is 1. The molecule has 2 unspecified atom stereocenters. The van der Waals surface area contributed by atoms with E-state index < -0.39 is 23.9 Å². The minimum atomic E-state index is -2.85. The maximum absolute atomic E-state index is 15.4. The van der Waals surface area contributed by atoms with Crippen molar-refractivity contribution in [2.75, 3.05) is 19.6 Å². The largest absolute Gasteiger partial charge is 0.480 e. The molecule has 232 valence electrons. The van der Waals surface area contributed by atoms with E-state index in [-0.39, 0.29) is 25.5 Å². The molecule has 0 amide bonds. The summed E-state index contributed by atoms with van der Waals surface area (Å²) >= 11 is 4.74. The Morgan fingerprint density at radius 3 is 2.69 bits per heavy atom. The van der Waals surface area contributed by atoms with Crippen LogP contribution in [0.3, 0.4) is 0 Å². The van der Waals surface area contributed by atoms with Crippen molar-refractivity contribution in [2.45, 2.75) is 96.1 Å². The van der Waals surface area contributed by atoms with Gasteiger partial charge in [0.25, 0.3) is 5.92 Å². The summed E-state index contributed by atoms with van der Waals surface area (Å²) < 4.78 is 40.4. The summed E-state index contributed by atoms with van der Waals surface area (Å²) in [6, 6.07) is 0.678. The van der Waals surface area contributed by atoms with Crippen molar-refractivity contribution in [2.24, 2.45) is 5.92 Å². The van der Waals surface area contributed by atoms with Crippen molar-refractivity contribution >= 4 is 66.0 Å². The summed E-state index contributed by atoms with van der Waals surface area (Å²) in [7, 11) is 2.54. The summed E-state index contributed by atoms with van der Waals surface area (Å²) in [6.07, 6.45) is 13.1. The average molecular weight is 827 g/mol. The zero-order chi connectivity index (χ0) is 30.4. The molecule has 42 heavy (non-hydrogen) atoms. The second kappa shape index (κ2) is 15.4. The molecule has 11 heteroatoms. The molecule has 3 aliphatic rings. The lowest BCUT2D eigenvalue weighted by Crippen LogP contribution is -2.36. The number of nitrogens with zero attached hydrogens (tertiary/aromatic N) is 3. The molecule has 0 bridgehead atoms. The Hall–Kier alpha value is -0.850. The highest BCUT2D eigenvalue weighted by atomic mass is 127. The smallest absolute Gasteiger partial charge is 0.325 e. The minimum Gasteiger partial charge on any atom is -0.480 e. The Morgan fingerprint density at radius 2 is 2.02 bits per heavy atom. The number of alkyl halides is 2. The minimum absolute atomic E-state index is 0.0357. The van der Waals surface area contributed by atoms with Gasteiger partial charge in [-0.1, -0.05) is 17.7 Å². The number of carboxylic acid groups (broad SMARTS) is 1. The van der Waals surface area contributed by atoms with Crippen LogP contribution in [0.5, 0.6) is 5.88 Å². The molecule has 2 aliphatic heterocycles. The number of likely N-dealkylation sites (tertiary alicyclic amines) is 1. The summed E-state index contributed by atoms with van der Waals surface area (Å²) in [4.78, 5) is 18.5. The monoisotopic (exact) mass is 827 g/mol. The highest BCUT2D eigenvalue weighted by Gasteiger charge is 2.46. The van der Waals surface area contributed by atoms with Crippen LogP contribution >= 0.6 is 54.7 Å². The molecule has 1 aromatic heterocycles. The number of carbonyl (C=O) groups is 1. The first-order valence-corrected chi connectivity index (χ1v) is 17.5. The van der Waals surface area contributed by atoms with E-state index in [1.807, 2.05) is 0 Å². The Morgan fingerprint density at radius 1 is 1.26 bits per heavy atom. The van der Waals surface area contributed by atoms with Crippen molar-refractivity contribution in [3.63, 3.8) is 0 Å². The van der Waals surface area contributed by atoms with Gasteiger partial charge in [-0.15, -0.1) is 9.24 Å². The van der Waals surface area contributed by atoms with Crippen LogP contribution in [0.25, 0.3) is 0 Å². The average Bonchev–Trinajstić information content (AvgIpc) is 3.39. The van der Waals surface area contributed by atoms with Crippen molar-refractivity contribution in [1.29, 1.82) is 0 Å². The fourth-order valence-electron chi connectivity index (χ4n) is 5.78. The number of ether oxygens (including phenoxy) is 1. The number of aromatic nitrogens is 1. The van der Waals surface area contributed by atoms with Crippen LogP contribution < -0.4 is 10.0 Å². The fraction of sp³-hybridized carbons (Fsp3) is 0.613. The molecule has 1 N–H and O–H groups in total. The van der Waals surface area contributed by atoms with E-state index in [4.69, 9.17) is 4.74 Å². The van der Waals surface area contributed by atoms with Crippen molar-refractivity contribution in [3.8, 4) is 5.88 Å². The van der Waals surface area contributed by atoms with Gasteiger partial charge in [-0.2, -0.15) is 0 Å². The second-order valence-electron chi connectivity index (χ2n) is 11.9. The number of hydrogen-bond acceptors (Lipinski definition) is 5. The number of halogens is 4. The standard InChI is InChI=1S/C31H42F2I2N3O3P/c1-20(2)21(11-12-22-8-6-15-38(35)28(22)34)7-3-4-14-31(32,33)23-13-16-37(19-23)27(30(39)40)26-17-25(42)18-36-29(26)41-24-9-5-10-24/h11-12,17-18,23-24,27H,3-10,13-16,19,42H2,1-2H3,(H,39,40)/b12-11-/t23-,27?/m1/s1. The lowest BCUT2D eigenvalue weighted by molar-refractivity contribution is -0.143. The molecule has 0 aromatic carbocycles. The molecule has 1 saturated carbocycles. The van der Waals surface area contributed by atoms with E-state index in [1.165, 1.54) is 20.4 Å².